The average molecular weight is 191 g/mol. The minimum Gasteiger partial charge on any atom is -0.494 e. The molecular weight excluding hydrogens is 175 g/mol. The van der Waals surface area contributed by atoms with Gasteiger partial charge in [-0.2, -0.15) is 0 Å². The first kappa shape index (κ1) is 11.1. The van der Waals surface area contributed by atoms with E-state index in [0.29, 0.717) is 0 Å². The normalized spacial score (nSPS) is 9.86. The summed E-state index contributed by atoms with van der Waals surface area (Å²) < 4.78 is 5.51. The minimum absolute atomic E-state index is 0.774. The molecule has 0 unspecified atom stereocenters. The van der Waals surface area contributed by atoms with Crippen molar-refractivity contribution in [2.24, 2.45) is 0 Å². The second-order valence-corrected chi connectivity index (χ2v) is 3.25. The molecule has 1 aromatic rings. The topological polar surface area (TPSA) is 29.5 Å². The third-order valence-electron chi connectivity index (χ3n) is 2.05. The van der Waals surface area contributed by atoms with Crippen molar-refractivity contribution < 1.29 is 9.76 Å². The molecule has 2 nitrogen and oxygen atoms in total. The summed E-state index contributed by atoms with van der Waals surface area (Å²) >= 11 is 0. The summed E-state index contributed by atoms with van der Waals surface area (Å²) in [6.07, 6.45) is 3.52. The second-order valence-electron chi connectivity index (χ2n) is 3.25. The molecule has 0 saturated carbocycles. The lowest BCUT2D eigenvalue weighted by atomic mass is 9.89. The van der Waals surface area contributed by atoms with Gasteiger partial charge in [0.05, 0.1) is 6.61 Å². The maximum Gasteiger partial charge on any atom is 0.326 e. The Balaban J connectivity index is 2.29. The third kappa shape index (κ3) is 3.84. The van der Waals surface area contributed by atoms with Gasteiger partial charge < -0.3 is 9.76 Å². The molecule has 0 aliphatic carbocycles. The van der Waals surface area contributed by atoms with Gasteiger partial charge in [0.25, 0.3) is 0 Å². The zero-order valence-electron chi connectivity index (χ0n) is 8.57. The molecular formula is C11H16BO2. The van der Waals surface area contributed by atoms with Gasteiger partial charge in [-0.3, -0.25) is 0 Å². The van der Waals surface area contributed by atoms with Gasteiger partial charge in [-0.05, 0) is 18.6 Å². The molecule has 0 amide bonds. The number of hydrogen-bond donors (Lipinski definition) is 1. The Kier molecular flexibility index (Phi) is 5.16. The van der Waals surface area contributed by atoms with E-state index < -0.39 is 0 Å². The third-order valence-corrected chi connectivity index (χ3v) is 2.05. The Morgan fingerprint density at radius 2 is 1.93 bits per heavy atom. The number of hydrogen-bond acceptors (Lipinski definition) is 2. The van der Waals surface area contributed by atoms with Gasteiger partial charge in [0.15, 0.2) is 0 Å². The first-order valence-electron chi connectivity index (χ1n) is 5.07. The first-order chi connectivity index (χ1) is 6.86. The van der Waals surface area contributed by atoms with E-state index in [1.807, 2.05) is 24.3 Å². The Bertz CT molecular complexity index is 246. The molecule has 0 heterocycles. The molecule has 1 radical (unpaired) electrons. The van der Waals surface area contributed by atoms with Gasteiger partial charge in [0.2, 0.25) is 0 Å². The fourth-order valence-corrected chi connectivity index (χ4v) is 1.19. The molecule has 14 heavy (non-hydrogen) atoms. The van der Waals surface area contributed by atoms with E-state index in [0.717, 1.165) is 31.7 Å². The molecule has 1 aromatic carbocycles. The highest BCUT2D eigenvalue weighted by Gasteiger charge is 1.95. The van der Waals surface area contributed by atoms with E-state index in [9.17, 15) is 0 Å². The van der Waals surface area contributed by atoms with Crippen LogP contribution < -0.4 is 10.2 Å². The number of rotatable bonds is 6. The smallest absolute Gasteiger partial charge is 0.326 e. The van der Waals surface area contributed by atoms with Gasteiger partial charge in [-0.25, -0.2) is 0 Å². The van der Waals surface area contributed by atoms with Crippen molar-refractivity contribution >= 4 is 12.9 Å². The van der Waals surface area contributed by atoms with Gasteiger partial charge in [0, 0.05) is 0 Å². The number of unbranched alkanes of at least 4 members (excludes halogenated alkanes) is 2. The van der Waals surface area contributed by atoms with Crippen LogP contribution in [0.15, 0.2) is 24.3 Å². The van der Waals surface area contributed by atoms with Crippen molar-refractivity contribution in [1.29, 1.82) is 0 Å². The number of ether oxygens (including phenoxy) is 1. The largest absolute Gasteiger partial charge is 0.494 e. The SMILES string of the molecule is CCCCCOc1ccc([B]O)cc1. The maximum absolute atomic E-state index is 8.71. The van der Waals surface area contributed by atoms with E-state index in [1.165, 1.54) is 12.8 Å². The quantitative estimate of drug-likeness (QED) is 0.545. The van der Waals surface area contributed by atoms with E-state index in [4.69, 9.17) is 9.76 Å². The van der Waals surface area contributed by atoms with Crippen molar-refractivity contribution in [2.75, 3.05) is 6.61 Å². The molecule has 0 aliphatic heterocycles. The van der Waals surface area contributed by atoms with E-state index in [-0.39, 0.29) is 0 Å². The molecule has 0 bridgehead atoms. The van der Waals surface area contributed by atoms with Crippen LogP contribution >= 0.6 is 0 Å². The van der Waals surface area contributed by atoms with Crippen molar-refractivity contribution in [1.82, 2.24) is 0 Å². The van der Waals surface area contributed by atoms with Gasteiger partial charge in [-0.1, -0.05) is 37.4 Å². The van der Waals surface area contributed by atoms with E-state index in [1.54, 1.807) is 0 Å². The van der Waals surface area contributed by atoms with Crippen LogP contribution in [0.3, 0.4) is 0 Å². The fraction of sp³-hybridized carbons (Fsp3) is 0.455. The minimum atomic E-state index is 0.774. The molecule has 75 valence electrons. The maximum atomic E-state index is 8.71. The lowest BCUT2D eigenvalue weighted by molar-refractivity contribution is 0.306. The van der Waals surface area contributed by atoms with Crippen LogP contribution in [0.2, 0.25) is 0 Å². The lowest BCUT2D eigenvalue weighted by Gasteiger charge is -2.05. The highest BCUT2D eigenvalue weighted by atomic mass is 16.5. The molecule has 0 aliphatic rings. The molecule has 1 rings (SSSR count). The van der Waals surface area contributed by atoms with Crippen LogP contribution in [0.25, 0.3) is 0 Å². The average Bonchev–Trinajstić information content (AvgIpc) is 2.25. The Hall–Kier alpha value is -0.955. The first-order valence-corrected chi connectivity index (χ1v) is 5.07. The molecule has 0 fully saturated rings. The summed E-state index contributed by atoms with van der Waals surface area (Å²) in [7, 11) is 1.08. The standard InChI is InChI=1S/C11H16BO2/c1-2-3-4-9-14-11-7-5-10(12-13)6-8-11/h5-8,13H,2-4,9H2,1H3. The van der Waals surface area contributed by atoms with Crippen LogP contribution in [-0.4, -0.2) is 19.1 Å². The monoisotopic (exact) mass is 191 g/mol. The van der Waals surface area contributed by atoms with Crippen molar-refractivity contribution in [3.05, 3.63) is 24.3 Å². The predicted octanol–water partition coefficient (Wildman–Crippen LogP) is 1.49. The zero-order valence-corrected chi connectivity index (χ0v) is 8.57. The zero-order chi connectivity index (χ0) is 10.2. The highest BCUT2D eigenvalue weighted by molar-refractivity contribution is 6.45. The molecule has 0 aromatic heterocycles. The van der Waals surface area contributed by atoms with Gasteiger partial charge in [0.1, 0.15) is 5.75 Å². The van der Waals surface area contributed by atoms with Gasteiger partial charge >= 0.3 is 7.48 Å². The van der Waals surface area contributed by atoms with Crippen LogP contribution in [-0.2, 0) is 0 Å². The molecule has 3 heteroatoms. The fourth-order valence-electron chi connectivity index (χ4n) is 1.19. The predicted molar refractivity (Wildman–Crippen MR) is 59.1 cm³/mol. The summed E-state index contributed by atoms with van der Waals surface area (Å²) in [6.45, 7) is 2.95. The Labute approximate surface area is 86.2 Å². The Morgan fingerprint density at radius 1 is 1.21 bits per heavy atom. The molecule has 1 N–H and O–H groups in total. The van der Waals surface area contributed by atoms with Crippen molar-refractivity contribution in [3.8, 4) is 5.75 Å². The molecule has 0 saturated heterocycles. The van der Waals surface area contributed by atoms with Crippen molar-refractivity contribution in [3.63, 3.8) is 0 Å². The Morgan fingerprint density at radius 3 is 2.50 bits per heavy atom. The molecule has 0 spiro atoms. The summed E-state index contributed by atoms with van der Waals surface area (Å²) in [5, 5.41) is 8.71. The van der Waals surface area contributed by atoms with Crippen LogP contribution in [0.5, 0.6) is 5.75 Å². The lowest BCUT2D eigenvalue weighted by Crippen LogP contribution is -2.12. The van der Waals surface area contributed by atoms with E-state index >= 15 is 0 Å². The second kappa shape index (κ2) is 6.49. The number of benzene rings is 1. The summed E-state index contributed by atoms with van der Waals surface area (Å²) in [5.41, 5.74) is 0.797. The van der Waals surface area contributed by atoms with Crippen molar-refractivity contribution in [2.45, 2.75) is 26.2 Å². The van der Waals surface area contributed by atoms with Gasteiger partial charge in [-0.15, -0.1) is 0 Å². The summed E-state index contributed by atoms with van der Waals surface area (Å²) in [5.74, 6) is 0.867. The summed E-state index contributed by atoms with van der Waals surface area (Å²) in [4.78, 5) is 0. The highest BCUT2D eigenvalue weighted by Crippen LogP contribution is 2.08. The van der Waals surface area contributed by atoms with Crippen LogP contribution in [0.4, 0.5) is 0 Å². The van der Waals surface area contributed by atoms with Crippen LogP contribution in [0.1, 0.15) is 26.2 Å². The van der Waals surface area contributed by atoms with Crippen LogP contribution in [0, 0.1) is 0 Å². The van der Waals surface area contributed by atoms with E-state index in [2.05, 4.69) is 6.92 Å². The molecule has 0 atom stereocenters. The summed E-state index contributed by atoms with van der Waals surface area (Å²) in [6, 6.07) is 7.40.